The van der Waals surface area contributed by atoms with Gasteiger partial charge in [0.05, 0.1) is 19.3 Å². The summed E-state index contributed by atoms with van der Waals surface area (Å²) in [5.74, 6) is 1.32. The Morgan fingerprint density at radius 2 is 2.17 bits per heavy atom. The maximum Gasteiger partial charge on any atom is 0.259 e. The van der Waals surface area contributed by atoms with E-state index in [0.717, 1.165) is 17.9 Å². The molecule has 1 N–H and O–H groups in total. The number of hydrogen-bond donors (Lipinski definition) is 1. The van der Waals surface area contributed by atoms with E-state index in [0.29, 0.717) is 25.4 Å². The van der Waals surface area contributed by atoms with Gasteiger partial charge in [-0.15, -0.1) is 0 Å². The standard InChI is InChI=1S/C21H24N4O4/c1-27-18-6-4-16(5-7-18)21(14-28-15-24-21)20(26)25-10-9-23-11-17(25)13-29-19-3-2-8-22-12-19/h2-8,12,15,17,23H,9-11,13-14H2,1H3. The number of nitrogens with one attached hydrogen (secondary N) is 1. The van der Waals surface area contributed by atoms with Gasteiger partial charge in [0.1, 0.15) is 24.7 Å². The molecule has 2 unspecified atom stereocenters. The lowest BCUT2D eigenvalue weighted by molar-refractivity contribution is -0.141. The minimum absolute atomic E-state index is 0.0855. The van der Waals surface area contributed by atoms with Crippen molar-refractivity contribution in [1.82, 2.24) is 15.2 Å². The van der Waals surface area contributed by atoms with Gasteiger partial charge >= 0.3 is 0 Å². The Kier molecular flexibility index (Phi) is 5.62. The minimum atomic E-state index is -1.09. The van der Waals surface area contributed by atoms with Crippen LogP contribution in [0.4, 0.5) is 0 Å². The highest BCUT2D eigenvalue weighted by molar-refractivity contribution is 5.90. The summed E-state index contributed by atoms with van der Waals surface area (Å²) < 4.78 is 16.5. The summed E-state index contributed by atoms with van der Waals surface area (Å²) in [7, 11) is 1.61. The molecule has 0 spiro atoms. The lowest BCUT2D eigenvalue weighted by Crippen LogP contribution is -2.60. The molecule has 4 rings (SSSR count). The first kappa shape index (κ1) is 19.2. The van der Waals surface area contributed by atoms with Gasteiger partial charge in [-0.2, -0.15) is 0 Å². The number of piperazine rings is 1. The van der Waals surface area contributed by atoms with Crippen LogP contribution in [0.3, 0.4) is 0 Å². The highest BCUT2D eigenvalue weighted by Crippen LogP contribution is 2.33. The summed E-state index contributed by atoms with van der Waals surface area (Å²) in [4.78, 5) is 24.1. The number of pyridine rings is 1. The number of amides is 1. The smallest absolute Gasteiger partial charge is 0.259 e. The average molecular weight is 396 g/mol. The van der Waals surface area contributed by atoms with Gasteiger partial charge < -0.3 is 24.4 Å². The summed E-state index contributed by atoms with van der Waals surface area (Å²) >= 11 is 0. The summed E-state index contributed by atoms with van der Waals surface area (Å²) in [5, 5.41) is 3.34. The van der Waals surface area contributed by atoms with Crippen LogP contribution in [0.1, 0.15) is 5.56 Å². The lowest BCUT2D eigenvalue weighted by atomic mass is 9.89. The SMILES string of the molecule is COc1ccc(C2(C(=O)N3CCNCC3COc3cccnc3)COC=N2)cc1. The van der Waals surface area contributed by atoms with Gasteiger partial charge in [-0.05, 0) is 29.8 Å². The number of benzene rings is 1. The second kappa shape index (κ2) is 8.48. The number of carbonyl (C=O) groups excluding carboxylic acids is 1. The van der Waals surface area contributed by atoms with E-state index < -0.39 is 5.54 Å². The predicted octanol–water partition coefficient (Wildman–Crippen LogP) is 1.22. The molecule has 1 aromatic heterocycles. The van der Waals surface area contributed by atoms with Gasteiger partial charge in [0.25, 0.3) is 5.91 Å². The maximum atomic E-state index is 13.7. The zero-order valence-corrected chi connectivity index (χ0v) is 16.3. The number of aromatic nitrogens is 1. The van der Waals surface area contributed by atoms with Crippen molar-refractivity contribution in [1.29, 1.82) is 0 Å². The van der Waals surface area contributed by atoms with E-state index in [4.69, 9.17) is 14.2 Å². The number of hydrogen-bond acceptors (Lipinski definition) is 7. The van der Waals surface area contributed by atoms with E-state index in [1.54, 1.807) is 19.5 Å². The molecule has 152 valence electrons. The van der Waals surface area contributed by atoms with Crippen LogP contribution in [0.5, 0.6) is 11.5 Å². The number of ether oxygens (including phenoxy) is 3. The molecule has 0 radical (unpaired) electrons. The third kappa shape index (κ3) is 3.88. The molecule has 2 atom stereocenters. The van der Waals surface area contributed by atoms with E-state index in [1.807, 2.05) is 41.3 Å². The Balaban J connectivity index is 1.56. The van der Waals surface area contributed by atoms with Crippen LogP contribution in [-0.4, -0.2) is 68.2 Å². The molecule has 8 heteroatoms. The van der Waals surface area contributed by atoms with Gasteiger partial charge in [0.2, 0.25) is 5.54 Å². The normalized spacial score (nSPS) is 23.5. The van der Waals surface area contributed by atoms with Crippen LogP contribution in [0, 0.1) is 0 Å². The first-order valence-electron chi connectivity index (χ1n) is 9.57. The van der Waals surface area contributed by atoms with Crippen LogP contribution >= 0.6 is 0 Å². The molecule has 2 aliphatic heterocycles. The van der Waals surface area contributed by atoms with E-state index in [-0.39, 0.29) is 18.6 Å². The number of rotatable bonds is 6. The Bertz CT molecular complexity index is 859. The fraction of sp³-hybridized carbons (Fsp3) is 0.381. The summed E-state index contributed by atoms with van der Waals surface area (Å²) in [6, 6.07) is 10.9. The molecule has 1 fully saturated rings. The molecule has 0 saturated carbocycles. The van der Waals surface area contributed by atoms with E-state index in [1.165, 1.54) is 6.40 Å². The summed E-state index contributed by atoms with van der Waals surface area (Å²) in [6.45, 7) is 2.49. The molecule has 2 aliphatic rings. The fourth-order valence-electron chi connectivity index (χ4n) is 3.63. The van der Waals surface area contributed by atoms with Crippen molar-refractivity contribution in [3.63, 3.8) is 0 Å². The zero-order valence-electron chi connectivity index (χ0n) is 16.3. The van der Waals surface area contributed by atoms with Crippen molar-refractivity contribution in [3.05, 3.63) is 54.4 Å². The zero-order chi connectivity index (χ0) is 20.1. The van der Waals surface area contributed by atoms with E-state index in [2.05, 4.69) is 15.3 Å². The molecule has 3 heterocycles. The van der Waals surface area contributed by atoms with E-state index in [9.17, 15) is 4.79 Å². The lowest BCUT2D eigenvalue weighted by Gasteiger charge is -2.40. The molecule has 1 saturated heterocycles. The molecule has 2 aromatic rings. The third-order valence-corrected chi connectivity index (χ3v) is 5.25. The van der Waals surface area contributed by atoms with Crippen molar-refractivity contribution in [2.45, 2.75) is 11.6 Å². The Morgan fingerprint density at radius 3 is 2.86 bits per heavy atom. The summed E-state index contributed by atoms with van der Waals surface area (Å²) in [6.07, 6.45) is 4.73. The summed E-state index contributed by atoms with van der Waals surface area (Å²) in [5.41, 5.74) is -0.307. The van der Waals surface area contributed by atoms with Gasteiger partial charge in [0.15, 0.2) is 6.40 Å². The van der Waals surface area contributed by atoms with Crippen LogP contribution in [0.25, 0.3) is 0 Å². The van der Waals surface area contributed by atoms with Crippen molar-refractivity contribution in [2.75, 3.05) is 40.0 Å². The van der Waals surface area contributed by atoms with Crippen molar-refractivity contribution < 1.29 is 19.0 Å². The molecular formula is C21H24N4O4. The predicted molar refractivity (Wildman–Crippen MR) is 107 cm³/mol. The van der Waals surface area contributed by atoms with Crippen LogP contribution in [-0.2, 0) is 15.1 Å². The average Bonchev–Trinajstić information content (AvgIpc) is 3.29. The topological polar surface area (TPSA) is 85.3 Å². The van der Waals surface area contributed by atoms with E-state index >= 15 is 0 Å². The fourth-order valence-corrected chi connectivity index (χ4v) is 3.63. The van der Waals surface area contributed by atoms with Gasteiger partial charge in [-0.1, -0.05) is 12.1 Å². The molecule has 0 aliphatic carbocycles. The number of nitrogens with zero attached hydrogens (tertiary/aromatic N) is 3. The highest BCUT2D eigenvalue weighted by Gasteiger charge is 2.47. The number of carbonyl (C=O) groups is 1. The largest absolute Gasteiger partial charge is 0.497 e. The third-order valence-electron chi connectivity index (χ3n) is 5.25. The molecule has 1 amide bonds. The van der Waals surface area contributed by atoms with Crippen LogP contribution in [0.15, 0.2) is 53.8 Å². The van der Waals surface area contributed by atoms with Gasteiger partial charge in [-0.25, -0.2) is 4.99 Å². The highest BCUT2D eigenvalue weighted by atomic mass is 16.5. The van der Waals surface area contributed by atoms with Gasteiger partial charge in [0, 0.05) is 25.8 Å². The molecule has 8 nitrogen and oxygen atoms in total. The number of methoxy groups -OCH3 is 1. The second-order valence-electron chi connectivity index (χ2n) is 6.99. The first-order valence-corrected chi connectivity index (χ1v) is 9.57. The van der Waals surface area contributed by atoms with Crippen molar-refractivity contribution in [3.8, 4) is 11.5 Å². The van der Waals surface area contributed by atoms with Crippen molar-refractivity contribution >= 4 is 12.3 Å². The molecular weight excluding hydrogens is 372 g/mol. The minimum Gasteiger partial charge on any atom is -0.497 e. The Labute approximate surface area is 169 Å². The van der Waals surface area contributed by atoms with Gasteiger partial charge in [-0.3, -0.25) is 9.78 Å². The number of aliphatic imine (C=N–C) groups is 1. The maximum absolute atomic E-state index is 13.7. The quantitative estimate of drug-likeness (QED) is 0.790. The first-order chi connectivity index (χ1) is 14.2. The van der Waals surface area contributed by atoms with Crippen molar-refractivity contribution in [2.24, 2.45) is 4.99 Å². The monoisotopic (exact) mass is 396 g/mol. The molecule has 0 bridgehead atoms. The van der Waals surface area contributed by atoms with Crippen LogP contribution < -0.4 is 14.8 Å². The molecule has 29 heavy (non-hydrogen) atoms. The van der Waals surface area contributed by atoms with Crippen LogP contribution in [0.2, 0.25) is 0 Å². The Morgan fingerprint density at radius 1 is 1.31 bits per heavy atom. The molecule has 1 aromatic carbocycles. The second-order valence-corrected chi connectivity index (χ2v) is 6.99. The Hall–Kier alpha value is -3.13.